The van der Waals surface area contributed by atoms with E-state index in [-0.39, 0.29) is 6.54 Å². The average molecular weight is 181 g/mol. The predicted molar refractivity (Wildman–Crippen MR) is 46.2 cm³/mol. The number of hydrogen-bond donors (Lipinski definition) is 2. The average Bonchev–Trinajstić information content (AvgIpc) is 2.09. The molecule has 0 amide bonds. The van der Waals surface area contributed by atoms with Gasteiger partial charge in [0.25, 0.3) is 0 Å². The Labute approximate surface area is 75.6 Å². The molecule has 0 saturated heterocycles. The van der Waals surface area contributed by atoms with Crippen molar-refractivity contribution in [3.63, 3.8) is 0 Å². The third-order valence-corrected chi connectivity index (χ3v) is 1.86. The largest absolute Gasteiger partial charge is 0.481 e. The van der Waals surface area contributed by atoms with E-state index in [1.54, 1.807) is 6.92 Å². The Bertz CT molecular complexity index is 314. The molecule has 0 spiro atoms. The molecule has 0 radical (unpaired) electrons. The molecule has 1 rings (SSSR count). The smallest absolute Gasteiger partial charge is 0.312 e. The van der Waals surface area contributed by atoms with Gasteiger partial charge in [-0.3, -0.25) is 4.79 Å². The van der Waals surface area contributed by atoms with Crippen LogP contribution in [0.5, 0.6) is 0 Å². The van der Waals surface area contributed by atoms with Gasteiger partial charge in [0.05, 0.1) is 5.92 Å². The lowest BCUT2D eigenvalue weighted by molar-refractivity contribution is -0.138. The number of hydrogen-bond acceptors (Lipinski definition) is 4. The monoisotopic (exact) mass is 181 g/mol. The third kappa shape index (κ3) is 2.00. The van der Waals surface area contributed by atoms with Crippen molar-refractivity contribution >= 4 is 5.97 Å². The van der Waals surface area contributed by atoms with Crippen LogP contribution in [0.25, 0.3) is 0 Å². The molecule has 1 aromatic heterocycles. The van der Waals surface area contributed by atoms with E-state index in [9.17, 15) is 4.79 Å². The SMILES string of the molecule is Cc1ncncc1C(CN)C(=O)O. The van der Waals surface area contributed by atoms with E-state index in [0.717, 1.165) is 0 Å². The maximum atomic E-state index is 10.7. The summed E-state index contributed by atoms with van der Waals surface area (Å²) < 4.78 is 0. The van der Waals surface area contributed by atoms with Crippen LogP contribution in [0.4, 0.5) is 0 Å². The molecule has 0 aliphatic heterocycles. The van der Waals surface area contributed by atoms with Crippen molar-refractivity contribution in [1.82, 2.24) is 9.97 Å². The summed E-state index contributed by atoms with van der Waals surface area (Å²) in [5, 5.41) is 8.82. The van der Waals surface area contributed by atoms with E-state index in [4.69, 9.17) is 10.8 Å². The second kappa shape index (κ2) is 3.95. The third-order valence-electron chi connectivity index (χ3n) is 1.86. The first-order valence-electron chi connectivity index (χ1n) is 3.86. The molecule has 0 bridgehead atoms. The van der Waals surface area contributed by atoms with Crippen LogP contribution in [0, 0.1) is 6.92 Å². The number of aryl methyl sites for hydroxylation is 1. The summed E-state index contributed by atoms with van der Waals surface area (Å²) in [4.78, 5) is 18.4. The van der Waals surface area contributed by atoms with Crippen LogP contribution in [0.1, 0.15) is 17.2 Å². The van der Waals surface area contributed by atoms with Gasteiger partial charge in [-0.05, 0) is 6.92 Å². The van der Waals surface area contributed by atoms with Crippen molar-refractivity contribution in [3.05, 3.63) is 23.8 Å². The standard InChI is InChI=1S/C8H11N3O2/c1-5-7(3-10-4-11-5)6(2-9)8(12)13/h3-4,6H,2,9H2,1H3,(H,12,13). The van der Waals surface area contributed by atoms with Crippen LogP contribution in [0.3, 0.4) is 0 Å². The number of aromatic nitrogens is 2. The number of carboxylic acid groups (broad SMARTS) is 1. The minimum absolute atomic E-state index is 0.0591. The maximum Gasteiger partial charge on any atom is 0.312 e. The minimum Gasteiger partial charge on any atom is -0.481 e. The van der Waals surface area contributed by atoms with Crippen molar-refractivity contribution in [1.29, 1.82) is 0 Å². The van der Waals surface area contributed by atoms with Gasteiger partial charge in [-0.2, -0.15) is 0 Å². The highest BCUT2D eigenvalue weighted by Gasteiger charge is 2.20. The molecule has 0 saturated carbocycles. The molecule has 0 aliphatic rings. The molecule has 1 aromatic rings. The van der Waals surface area contributed by atoms with Gasteiger partial charge in [-0.15, -0.1) is 0 Å². The Hall–Kier alpha value is -1.49. The van der Waals surface area contributed by atoms with E-state index in [0.29, 0.717) is 11.3 Å². The first kappa shape index (κ1) is 9.60. The van der Waals surface area contributed by atoms with Gasteiger partial charge in [0.1, 0.15) is 6.33 Å². The fourth-order valence-corrected chi connectivity index (χ4v) is 1.10. The molecule has 0 aliphatic carbocycles. The normalized spacial score (nSPS) is 12.5. The number of aliphatic carboxylic acids is 1. The highest BCUT2D eigenvalue weighted by Crippen LogP contribution is 2.15. The second-order valence-electron chi connectivity index (χ2n) is 2.69. The van der Waals surface area contributed by atoms with Crippen LogP contribution < -0.4 is 5.73 Å². The molecule has 5 nitrogen and oxygen atoms in total. The summed E-state index contributed by atoms with van der Waals surface area (Å²) in [6, 6.07) is 0. The molecular weight excluding hydrogens is 170 g/mol. The van der Waals surface area contributed by atoms with Crippen LogP contribution in [0.2, 0.25) is 0 Å². The fraction of sp³-hybridized carbons (Fsp3) is 0.375. The fourth-order valence-electron chi connectivity index (χ4n) is 1.10. The van der Waals surface area contributed by atoms with Gasteiger partial charge >= 0.3 is 5.97 Å². The summed E-state index contributed by atoms with van der Waals surface area (Å²) in [7, 11) is 0. The lowest BCUT2D eigenvalue weighted by Crippen LogP contribution is -2.22. The summed E-state index contributed by atoms with van der Waals surface area (Å²) >= 11 is 0. The zero-order valence-corrected chi connectivity index (χ0v) is 7.27. The van der Waals surface area contributed by atoms with Gasteiger partial charge in [0.2, 0.25) is 0 Å². The first-order chi connectivity index (χ1) is 6.16. The summed E-state index contributed by atoms with van der Waals surface area (Å²) in [5.74, 6) is -1.65. The topological polar surface area (TPSA) is 89.1 Å². The minimum atomic E-state index is -0.944. The summed E-state index contributed by atoms with van der Waals surface area (Å²) in [6.45, 7) is 1.80. The number of nitrogens with two attached hydrogens (primary N) is 1. The Morgan fingerprint density at radius 3 is 2.92 bits per heavy atom. The zero-order chi connectivity index (χ0) is 9.84. The van der Waals surface area contributed by atoms with E-state index >= 15 is 0 Å². The van der Waals surface area contributed by atoms with Crippen molar-refractivity contribution < 1.29 is 9.90 Å². The van der Waals surface area contributed by atoms with Crippen LogP contribution in [-0.2, 0) is 4.79 Å². The van der Waals surface area contributed by atoms with Crippen LogP contribution >= 0.6 is 0 Å². The van der Waals surface area contributed by atoms with Crippen molar-refractivity contribution in [2.24, 2.45) is 5.73 Å². The van der Waals surface area contributed by atoms with E-state index < -0.39 is 11.9 Å². The molecule has 1 unspecified atom stereocenters. The number of rotatable bonds is 3. The molecule has 0 aromatic carbocycles. The Morgan fingerprint density at radius 2 is 2.46 bits per heavy atom. The van der Waals surface area contributed by atoms with E-state index in [1.165, 1.54) is 12.5 Å². The quantitative estimate of drug-likeness (QED) is 0.680. The van der Waals surface area contributed by atoms with Gasteiger partial charge in [-0.25, -0.2) is 9.97 Å². The van der Waals surface area contributed by atoms with Gasteiger partial charge in [-0.1, -0.05) is 0 Å². The molecule has 1 heterocycles. The first-order valence-corrected chi connectivity index (χ1v) is 3.86. The molecule has 70 valence electrons. The predicted octanol–water partition coefficient (Wildman–Crippen LogP) is -0.0881. The van der Waals surface area contributed by atoms with Gasteiger partial charge in [0.15, 0.2) is 0 Å². The molecule has 5 heteroatoms. The van der Waals surface area contributed by atoms with Crippen LogP contribution in [0.15, 0.2) is 12.5 Å². The van der Waals surface area contributed by atoms with E-state index in [1.807, 2.05) is 0 Å². The van der Waals surface area contributed by atoms with Gasteiger partial charge in [0, 0.05) is 24.0 Å². The Morgan fingerprint density at radius 1 is 1.77 bits per heavy atom. The Balaban J connectivity index is 3.04. The summed E-state index contributed by atoms with van der Waals surface area (Å²) in [5.41, 5.74) is 6.58. The zero-order valence-electron chi connectivity index (χ0n) is 7.27. The van der Waals surface area contributed by atoms with Crippen molar-refractivity contribution in [2.45, 2.75) is 12.8 Å². The number of nitrogens with zero attached hydrogens (tertiary/aromatic N) is 2. The van der Waals surface area contributed by atoms with Crippen molar-refractivity contribution in [3.8, 4) is 0 Å². The highest BCUT2D eigenvalue weighted by molar-refractivity contribution is 5.76. The Kier molecular flexibility index (Phi) is 2.92. The second-order valence-corrected chi connectivity index (χ2v) is 2.69. The lowest BCUT2D eigenvalue weighted by atomic mass is 10.00. The molecule has 0 fully saturated rings. The van der Waals surface area contributed by atoms with E-state index in [2.05, 4.69) is 9.97 Å². The molecule has 1 atom stereocenters. The molecule has 13 heavy (non-hydrogen) atoms. The number of carbonyl (C=O) groups is 1. The highest BCUT2D eigenvalue weighted by atomic mass is 16.4. The van der Waals surface area contributed by atoms with Crippen molar-refractivity contribution in [2.75, 3.05) is 6.54 Å². The molecular formula is C8H11N3O2. The van der Waals surface area contributed by atoms with Crippen LogP contribution in [-0.4, -0.2) is 27.6 Å². The molecule has 3 N–H and O–H groups in total. The van der Waals surface area contributed by atoms with Gasteiger partial charge < -0.3 is 10.8 Å². The number of carboxylic acids is 1. The lowest BCUT2D eigenvalue weighted by Gasteiger charge is -2.10. The summed E-state index contributed by atoms with van der Waals surface area (Å²) in [6.07, 6.45) is 2.88. The maximum absolute atomic E-state index is 10.7.